The van der Waals surface area contributed by atoms with Crippen molar-refractivity contribution < 1.29 is 9.31 Å². The van der Waals surface area contributed by atoms with Gasteiger partial charge >= 0.3 is 0 Å². The molecule has 0 amide bonds. The highest BCUT2D eigenvalue weighted by molar-refractivity contribution is 5.32. The van der Waals surface area contributed by atoms with Crippen LogP contribution in [0.4, 0.5) is 10.1 Å². The zero-order valence-corrected chi connectivity index (χ0v) is 10.2. The van der Waals surface area contributed by atoms with Crippen LogP contribution in [0.2, 0.25) is 0 Å². The normalized spacial score (nSPS) is 10.4. The van der Waals surface area contributed by atoms with E-state index in [0.717, 1.165) is 11.1 Å². The minimum Gasteiger partial charge on any atom is -0.309 e. The predicted molar refractivity (Wildman–Crippen MR) is 70.0 cm³/mol. The molecule has 2 aromatic carbocycles. The van der Waals surface area contributed by atoms with Gasteiger partial charge in [0.25, 0.3) is 5.69 Å². The first-order valence-electron chi connectivity index (χ1n) is 5.83. The Kier molecular flexibility index (Phi) is 4.20. The molecule has 0 aliphatic rings. The second kappa shape index (κ2) is 6.06. The third-order valence-electron chi connectivity index (χ3n) is 2.72. The fraction of sp³-hybridized carbons (Fsp3) is 0.143. The van der Waals surface area contributed by atoms with Crippen molar-refractivity contribution >= 4 is 5.69 Å². The average Bonchev–Trinajstić information content (AvgIpc) is 2.41. The van der Waals surface area contributed by atoms with Gasteiger partial charge in [0, 0.05) is 25.2 Å². The van der Waals surface area contributed by atoms with Gasteiger partial charge in [-0.15, -0.1) is 0 Å². The quantitative estimate of drug-likeness (QED) is 0.664. The highest BCUT2D eigenvalue weighted by Crippen LogP contribution is 2.11. The molecule has 2 rings (SSSR count). The number of benzene rings is 2. The number of hydrogen-bond acceptors (Lipinski definition) is 3. The van der Waals surface area contributed by atoms with Crippen LogP contribution in [-0.2, 0) is 13.1 Å². The molecule has 0 aliphatic heterocycles. The Morgan fingerprint density at radius 1 is 0.947 bits per heavy atom. The molecule has 5 heteroatoms. The predicted octanol–water partition coefficient (Wildman–Crippen LogP) is 3.02. The van der Waals surface area contributed by atoms with E-state index in [1.807, 2.05) is 0 Å². The molecule has 0 fully saturated rings. The molecule has 0 saturated heterocycles. The Balaban J connectivity index is 1.85. The monoisotopic (exact) mass is 260 g/mol. The van der Waals surface area contributed by atoms with Crippen molar-refractivity contribution in [1.29, 1.82) is 0 Å². The van der Waals surface area contributed by atoms with E-state index >= 15 is 0 Å². The Labute approximate surface area is 110 Å². The zero-order chi connectivity index (χ0) is 13.7. The molecule has 4 nitrogen and oxygen atoms in total. The minimum absolute atomic E-state index is 0.0854. The van der Waals surface area contributed by atoms with E-state index in [1.54, 1.807) is 24.3 Å². The van der Waals surface area contributed by atoms with Crippen LogP contribution in [0.5, 0.6) is 0 Å². The van der Waals surface area contributed by atoms with Gasteiger partial charge in [0.15, 0.2) is 0 Å². The van der Waals surface area contributed by atoms with Crippen molar-refractivity contribution in [1.82, 2.24) is 5.32 Å². The maximum absolute atomic E-state index is 12.7. The van der Waals surface area contributed by atoms with Crippen LogP contribution in [0.1, 0.15) is 11.1 Å². The number of nitrogens with one attached hydrogen (secondary N) is 1. The van der Waals surface area contributed by atoms with Crippen LogP contribution in [-0.4, -0.2) is 4.92 Å². The van der Waals surface area contributed by atoms with Crippen LogP contribution in [0.25, 0.3) is 0 Å². The molecule has 19 heavy (non-hydrogen) atoms. The number of rotatable bonds is 5. The van der Waals surface area contributed by atoms with E-state index < -0.39 is 4.92 Å². The molecule has 0 saturated carbocycles. The van der Waals surface area contributed by atoms with Crippen molar-refractivity contribution in [2.45, 2.75) is 13.1 Å². The summed E-state index contributed by atoms with van der Waals surface area (Å²) in [5.41, 5.74) is 2.04. The highest BCUT2D eigenvalue weighted by atomic mass is 19.1. The largest absolute Gasteiger partial charge is 0.309 e. The van der Waals surface area contributed by atoms with Gasteiger partial charge in [0.05, 0.1) is 4.92 Å². The Hall–Kier alpha value is -2.27. The summed E-state index contributed by atoms with van der Waals surface area (Å²) in [6, 6.07) is 12.7. The summed E-state index contributed by atoms with van der Waals surface area (Å²) in [6.07, 6.45) is 0. The number of hydrogen-bond donors (Lipinski definition) is 1. The van der Waals surface area contributed by atoms with Gasteiger partial charge in [-0.2, -0.15) is 0 Å². The minimum atomic E-state index is -0.421. The summed E-state index contributed by atoms with van der Waals surface area (Å²) in [5, 5.41) is 13.7. The molecule has 98 valence electrons. The average molecular weight is 260 g/mol. The lowest BCUT2D eigenvalue weighted by atomic mass is 10.2. The fourth-order valence-corrected chi connectivity index (χ4v) is 1.69. The van der Waals surface area contributed by atoms with Crippen molar-refractivity contribution in [3.8, 4) is 0 Å². The van der Waals surface area contributed by atoms with E-state index in [1.165, 1.54) is 24.3 Å². The molecule has 2 aromatic rings. The Bertz CT molecular complexity index is 553. The Morgan fingerprint density at radius 3 is 1.89 bits per heavy atom. The number of nitro groups is 1. The molecule has 0 aromatic heterocycles. The fourth-order valence-electron chi connectivity index (χ4n) is 1.69. The van der Waals surface area contributed by atoms with Gasteiger partial charge < -0.3 is 5.32 Å². The Morgan fingerprint density at radius 2 is 1.42 bits per heavy atom. The molecule has 1 N–H and O–H groups in total. The first kappa shape index (κ1) is 13.2. The molecule has 0 bridgehead atoms. The maximum Gasteiger partial charge on any atom is 0.269 e. The topological polar surface area (TPSA) is 55.2 Å². The number of nitrogens with zero attached hydrogens (tertiary/aromatic N) is 1. The van der Waals surface area contributed by atoms with E-state index in [-0.39, 0.29) is 11.5 Å². The van der Waals surface area contributed by atoms with Gasteiger partial charge in [-0.3, -0.25) is 10.1 Å². The summed E-state index contributed by atoms with van der Waals surface area (Å²) >= 11 is 0. The summed E-state index contributed by atoms with van der Waals surface area (Å²) < 4.78 is 12.7. The van der Waals surface area contributed by atoms with Gasteiger partial charge in [-0.05, 0) is 23.3 Å². The summed E-state index contributed by atoms with van der Waals surface area (Å²) in [6.45, 7) is 1.23. The van der Waals surface area contributed by atoms with Gasteiger partial charge in [-0.25, -0.2) is 4.39 Å². The molecule has 0 aliphatic carbocycles. The number of nitro benzene ring substituents is 1. The lowest BCUT2D eigenvalue weighted by Gasteiger charge is -2.05. The molecule has 0 spiro atoms. The van der Waals surface area contributed by atoms with E-state index in [2.05, 4.69) is 5.32 Å². The molecule has 0 radical (unpaired) electrons. The van der Waals surface area contributed by atoms with E-state index in [4.69, 9.17) is 0 Å². The van der Waals surface area contributed by atoms with Crippen LogP contribution in [0, 0.1) is 15.9 Å². The van der Waals surface area contributed by atoms with E-state index in [0.29, 0.717) is 13.1 Å². The van der Waals surface area contributed by atoms with E-state index in [9.17, 15) is 14.5 Å². The number of non-ortho nitro benzene ring substituents is 1. The van der Waals surface area contributed by atoms with Gasteiger partial charge in [-0.1, -0.05) is 24.3 Å². The zero-order valence-electron chi connectivity index (χ0n) is 10.2. The summed E-state index contributed by atoms with van der Waals surface area (Å²) in [5.74, 6) is -0.251. The van der Waals surface area contributed by atoms with Crippen molar-refractivity contribution in [3.05, 3.63) is 75.6 Å². The lowest BCUT2D eigenvalue weighted by Crippen LogP contribution is -2.12. The second-order valence-electron chi connectivity index (χ2n) is 4.15. The first-order valence-corrected chi connectivity index (χ1v) is 5.83. The molecule has 0 atom stereocenters. The smallest absolute Gasteiger partial charge is 0.269 e. The molecule has 0 heterocycles. The summed E-state index contributed by atoms with van der Waals surface area (Å²) in [7, 11) is 0. The maximum atomic E-state index is 12.7. The highest BCUT2D eigenvalue weighted by Gasteiger charge is 2.03. The molecular weight excluding hydrogens is 247 g/mol. The van der Waals surface area contributed by atoms with Crippen molar-refractivity contribution in [3.63, 3.8) is 0 Å². The third-order valence-corrected chi connectivity index (χ3v) is 2.72. The third kappa shape index (κ3) is 3.86. The number of halogens is 1. The molecule has 0 unspecified atom stereocenters. The second-order valence-corrected chi connectivity index (χ2v) is 4.15. The van der Waals surface area contributed by atoms with Crippen LogP contribution >= 0.6 is 0 Å². The SMILES string of the molecule is O=[N+]([O-])c1ccc(CNCc2ccc(F)cc2)cc1. The van der Waals surface area contributed by atoms with Crippen molar-refractivity contribution in [2.24, 2.45) is 0 Å². The van der Waals surface area contributed by atoms with Gasteiger partial charge in [0.2, 0.25) is 0 Å². The van der Waals surface area contributed by atoms with Crippen molar-refractivity contribution in [2.75, 3.05) is 0 Å². The van der Waals surface area contributed by atoms with Crippen LogP contribution in [0.15, 0.2) is 48.5 Å². The molecular formula is C14H13FN2O2. The van der Waals surface area contributed by atoms with Crippen LogP contribution < -0.4 is 5.32 Å². The first-order chi connectivity index (χ1) is 9.15. The standard InChI is InChI=1S/C14H13FN2O2/c15-13-5-1-11(2-6-13)9-16-10-12-3-7-14(8-4-12)17(18)19/h1-8,16H,9-10H2. The van der Waals surface area contributed by atoms with Crippen LogP contribution in [0.3, 0.4) is 0 Å². The lowest BCUT2D eigenvalue weighted by molar-refractivity contribution is -0.384. The summed E-state index contributed by atoms with van der Waals surface area (Å²) in [4.78, 5) is 10.1. The van der Waals surface area contributed by atoms with Gasteiger partial charge in [0.1, 0.15) is 5.82 Å².